The molecule has 5 heteroatoms. The van der Waals surface area contributed by atoms with Gasteiger partial charge in [0.25, 0.3) is 0 Å². The normalized spacial score (nSPS) is 29.5. The molecule has 0 amide bonds. The Morgan fingerprint density at radius 3 is 1.87 bits per heavy atom. The van der Waals surface area contributed by atoms with Gasteiger partial charge in [0.05, 0.1) is 5.76 Å². The second-order valence-corrected chi connectivity index (χ2v) is 18.5. The smallest absolute Gasteiger partial charge is 0.189 e. The van der Waals surface area contributed by atoms with Gasteiger partial charge in [0, 0.05) is 28.6 Å². The Kier molecular flexibility index (Phi) is 9.35. The fraction of sp³-hybridized carbons (Fsp3) is 0.574. The SMILES string of the molecule is CCC(C)C(C)CC.CCC1(C)c2c(C#N)c3c(c(C#N)c2C1(C)C)Oc1cc2c(cc1O3)C(C)(C)CC21CC(C)(C)/C2=C/C/C=C(/O)CC=CC21. The van der Waals surface area contributed by atoms with Crippen LogP contribution in [-0.2, 0) is 21.7 Å². The fourth-order valence-electron chi connectivity index (χ4n) is 10.7. The van der Waals surface area contributed by atoms with E-state index in [0.29, 0.717) is 46.3 Å². The van der Waals surface area contributed by atoms with Crippen LogP contribution in [0.15, 0.2) is 47.8 Å². The number of hydrogen-bond acceptors (Lipinski definition) is 5. The predicted molar refractivity (Wildman–Crippen MR) is 210 cm³/mol. The molecule has 1 heterocycles. The molecule has 5 aliphatic rings. The summed E-state index contributed by atoms with van der Waals surface area (Å²) in [6.07, 6.45) is 15.5. The van der Waals surface area contributed by atoms with E-state index in [1.807, 2.05) is 6.08 Å². The molecule has 0 saturated heterocycles. The van der Waals surface area contributed by atoms with Gasteiger partial charge in [-0.15, -0.1) is 0 Å². The minimum atomic E-state index is -0.289. The van der Waals surface area contributed by atoms with Gasteiger partial charge in [-0.2, -0.15) is 10.5 Å². The van der Waals surface area contributed by atoms with Gasteiger partial charge in [-0.05, 0) is 88.8 Å². The number of allylic oxidation sites excluding steroid dienone is 5. The third-order valence-electron chi connectivity index (χ3n) is 14.5. The van der Waals surface area contributed by atoms with Crippen molar-refractivity contribution in [2.45, 2.75) is 150 Å². The summed E-state index contributed by atoms with van der Waals surface area (Å²) in [6, 6.07) is 9.19. The molecule has 7 rings (SSSR count). The van der Waals surface area contributed by atoms with E-state index in [1.54, 1.807) is 0 Å². The maximum absolute atomic E-state index is 10.5. The molecule has 1 aliphatic heterocycles. The molecule has 5 atom stereocenters. The van der Waals surface area contributed by atoms with Gasteiger partial charge < -0.3 is 14.6 Å². The number of fused-ring (bicyclic) bond motifs is 7. The molecule has 0 radical (unpaired) electrons. The van der Waals surface area contributed by atoms with E-state index in [4.69, 9.17) is 9.47 Å². The molecule has 1 N–H and O–H groups in total. The number of nitrogens with zero attached hydrogens (tertiary/aromatic N) is 2. The number of nitriles is 2. The number of ether oxygens (including phenoxy) is 2. The molecule has 1 spiro atoms. The largest absolute Gasteiger partial charge is 0.512 e. The maximum atomic E-state index is 10.5. The molecule has 1 saturated carbocycles. The number of aliphatic hydroxyl groups is 1. The highest BCUT2D eigenvalue weighted by Gasteiger charge is 2.61. The van der Waals surface area contributed by atoms with Crippen LogP contribution in [0.1, 0.15) is 161 Å². The van der Waals surface area contributed by atoms with Crippen molar-refractivity contribution < 1.29 is 14.6 Å². The third kappa shape index (κ3) is 5.36. The van der Waals surface area contributed by atoms with E-state index in [1.165, 1.54) is 29.5 Å². The highest BCUT2D eigenvalue weighted by Crippen LogP contribution is 2.69. The summed E-state index contributed by atoms with van der Waals surface area (Å²) in [5, 5.41) is 31.3. The lowest BCUT2D eigenvalue weighted by Gasteiger charge is -2.57. The summed E-state index contributed by atoms with van der Waals surface area (Å²) < 4.78 is 13.3. The first-order chi connectivity index (χ1) is 24.4. The van der Waals surface area contributed by atoms with Crippen LogP contribution in [0.3, 0.4) is 0 Å². The first kappa shape index (κ1) is 37.8. The van der Waals surface area contributed by atoms with Gasteiger partial charge in [-0.3, -0.25) is 0 Å². The lowest BCUT2D eigenvalue weighted by molar-refractivity contribution is 0.205. The van der Waals surface area contributed by atoms with Gasteiger partial charge in [-0.1, -0.05) is 120 Å². The molecule has 4 aliphatic carbocycles. The van der Waals surface area contributed by atoms with Crippen molar-refractivity contribution >= 4 is 0 Å². The Balaban J connectivity index is 0.000000522. The molecule has 2 aromatic carbocycles. The maximum Gasteiger partial charge on any atom is 0.189 e. The highest BCUT2D eigenvalue weighted by molar-refractivity contribution is 5.78. The average Bonchev–Trinajstić information content (AvgIpc) is 3.50. The molecule has 0 bridgehead atoms. The fourth-order valence-corrected chi connectivity index (χ4v) is 10.7. The van der Waals surface area contributed by atoms with Gasteiger partial charge in [0.2, 0.25) is 0 Å². The summed E-state index contributed by atoms with van der Waals surface area (Å²) in [5.41, 5.74) is 5.92. The number of rotatable bonds is 4. The van der Waals surface area contributed by atoms with Crippen LogP contribution in [0.5, 0.6) is 23.0 Å². The standard InChI is InChI=1S/C39H42N2O3.C8H18/c1-9-38(8)32-24(19-41)34-33(23(18-40)31(32)37(38,6)7)44-30-17-28-27(16-29(30)43-34)36(4,5)21-39(28)20-35(2,3)25-14-10-12-22(42)13-11-15-26(25)39;1-5-7(3)8(4)6-2/h11-12,14-17,26,42H,9-10,13,20-21H2,1-8H3;7-8H,5-6H2,1-4H3/b15-11?,22-12+,25-14+;. The molecule has 276 valence electrons. The zero-order chi connectivity index (χ0) is 38.2. The molecular formula is C47H60N2O3. The second kappa shape index (κ2) is 12.9. The molecule has 5 unspecified atom stereocenters. The van der Waals surface area contributed by atoms with Crippen LogP contribution in [0.2, 0.25) is 0 Å². The quantitative estimate of drug-likeness (QED) is 0.274. The van der Waals surface area contributed by atoms with Crippen molar-refractivity contribution in [1.82, 2.24) is 0 Å². The lowest BCUT2D eigenvalue weighted by Crippen LogP contribution is -2.54. The zero-order valence-corrected chi connectivity index (χ0v) is 33.8. The van der Waals surface area contributed by atoms with Gasteiger partial charge >= 0.3 is 0 Å². The first-order valence-corrected chi connectivity index (χ1v) is 19.7. The van der Waals surface area contributed by atoms with Crippen molar-refractivity contribution in [2.75, 3.05) is 0 Å². The number of hydrogen-bond donors (Lipinski definition) is 1. The Hall–Kier alpha value is -3.96. The minimum Gasteiger partial charge on any atom is -0.512 e. The van der Waals surface area contributed by atoms with Crippen LogP contribution in [0, 0.1) is 45.8 Å². The van der Waals surface area contributed by atoms with Crippen molar-refractivity contribution in [2.24, 2.45) is 23.2 Å². The zero-order valence-electron chi connectivity index (χ0n) is 33.8. The Morgan fingerprint density at radius 1 is 0.788 bits per heavy atom. The summed E-state index contributed by atoms with van der Waals surface area (Å²) in [7, 11) is 0. The monoisotopic (exact) mass is 700 g/mol. The molecular weight excluding hydrogens is 641 g/mol. The minimum absolute atomic E-state index is 0.0180. The van der Waals surface area contributed by atoms with Gasteiger partial charge in [-0.25, -0.2) is 0 Å². The number of aliphatic hydroxyl groups excluding tert-OH is 1. The van der Waals surface area contributed by atoms with Crippen LogP contribution >= 0.6 is 0 Å². The predicted octanol–water partition coefficient (Wildman–Crippen LogP) is 13.0. The Bertz CT molecular complexity index is 1970. The van der Waals surface area contributed by atoms with E-state index >= 15 is 0 Å². The Morgan fingerprint density at radius 2 is 1.33 bits per heavy atom. The van der Waals surface area contributed by atoms with Crippen molar-refractivity contribution in [3.8, 4) is 35.1 Å². The summed E-state index contributed by atoms with van der Waals surface area (Å²) in [6.45, 7) is 27.2. The molecule has 52 heavy (non-hydrogen) atoms. The summed E-state index contributed by atoms with van der Waals surface area (Å²) in [5.74, 6) is 4.38. The van der Waals surface area contributed by atoms with Gasteiger partial charge in [0.15, 0.2) is 23.0 Å². The first-order valence-electron chi connectivity index (χ1n) is 19.7. The van der Waals surface area contributed by atoms with E-state index in [2.05, 4.69) is 126 Å². The molecule has 0 aromatic heterocycles. The van der Waals surface area contributed by atoms with Crippen LogP contribution < -0.4 is 9.47 Å². The van der Waals surface area contributed by atoms with E-state index in [0.717, 1.165) is 48.6 Å². The molecule has 2 aromatic rings. The topological polar surface area (TPSA) is 86.3 Å². The van der Waals surface area contributed by atoms with E-state index < -0.39 is 0 Å². The van der Waals surface area contributed by atoms with Crippen LogP contribution in [-0.4, -0.2) is 5.11 Å². The van der Waals surface area contributed by atoms with Crippen LogP contribution in [0.4, 0.5) is 0 Å². The summed E-state index contributed by atoms with van der Waals surface area (Å²) in [4.78, 5) is 0. The third-order valence-corrected chi connectivity index (χ3v) is 14.5. The van der Waals surface area contributed by atoms with Crippen molar-refractivity contribution in [3.05, 3.63) is 81.1 Å². The average molecular weight is 701 g/mol. The van der Waals surface area contributed by atoms with E-state index in [9.17, 15) is 15.6 Å². The van der Waals surface area contributed by atoms with Crippen LogP contribution in [0.25, 0.3) is 0 Å². The molecule has 5 nitrogen and oxygen atoms in total. The van der Waals surface area contributed by atoms with E-state index in [-0.39, 0.29) is 33.0 Å². The van der Waals surface area contributed by atoms with Gasteiger partial charge in [0.1, 0.15) is 23.3 Å². The van der Waals surface area contributed by atoms with Crippen molar-refractivity contribution in [1.29, 1.82) is 10.5 Å². The lowest BCUT2D eigenvalue weighted by atomic mass is 9.46. The Labute approximate surface area is 313 Å². The molecule has 1 fully saturated rings. The summed E-state index contributed by atoms with van der Waals surface area (Å²) >= 11 is 0. The number of benzene rings is 2. The highest BCUT2D eigenvalue weighted by atomic mass is 16.6. The second-order valence-electron chi connectivity index (χ2n) is 18.5. The van der Waals surface area contributed by atoms with Crippen molar-refractivity contribution in [3.63, 3.8) is 0 Å².